The van der Waals surface area contributed by atoms with E-state index in [1.165, 1.54) is 0 Å². The molecule has 0 rings (SSSR count). The van der Waals surface area contributed by atoms with E-state index >= 15 is 0 Å². The van der Waals surface area contributed by atoms with Gasteiger partial charge in [0.2, 0.25) is 11.8 Å². The van der Waals surface area contributed by atoms with Gasteiger partial charge in [-0.3, -0.25) is 9.59 Å². The van der Waals surface area contributed by atoms with Crippen LogP contribution in [0.1, 0.15) is 34.6 Å². The lowest BCUT2D eigenvalue weighted by atomic mass is 10.2. The van der Waals surface area contributed by atoms with Crippen molar-refractivity contribution in [2.75, 3.05) is 6.61 Å². The van der Waals surface area contributed by atoms with Crippen molar-refractivity contribution < 1.29 is 14.7 Å². The van der Waals surface area contributed by atoms with Crippen LogP contribution in [0.5, 0.6) is 0 Å². The lowest BCUT2D eigenvalue weighted by molar-refractivity contribution is -0.130. The molecule has 106 valence electrons. The van der Waals surface area contributed by atoms with E-state index in [9.17, 15) is 9.59 Å². The summed E-state index contributed by atoms with van der Waals surface area (Å²) in [6, 6.07) is -1.09. The molecule has 6 nitrogen and oxygen atoms in total. The molecule has 0 heterocycles. The maximum absolute atomic E-state index is 11.7. The molecular weight excluding hydrogens is 234 g/mol. The van der Waals surface area contributed by atoms with Gasteiger partial charge in [0.1, 0.15) is 6.04 Å². The summed E-state index contributed by atoms with van der Waals surface area (Å²) >= 11 is 0. The minimum Gasteiger partial charge on any atom is -0.394 e. The summed E-state index contributed by atoms with van der Waals surface area (Å²) in [5, 5.41) is 17.1. The third-order valence-corrected chi connectivity index (χ3v) is 2.39. The molecule has 2 amide bonds. The fraction of sp³-hybridized carbons (Fsp3) is 0.833. The van der Waals surface area contributed by atoms with Crippen molar-refractivity contribution in [3.8, 4) is 0 Å². The molecule has 0 spiro atoms. The Bertz CT molecular complexity index is 282. The predicted octanol–water partition coefficient (Wildman–Crippen LogP) is -0.625. The summed E-state index contributed by atoms with van der Waals surface area (Å²) in [7, 11) is 0. The van der Waals surface area contributed by atoms with E-state index in [2.05, 4.69) is 16.0 Å². The Morgan fingerprint density at radius 3 is 1.89 bits per heavy atom. The number of hydrogen-bond acceptors (Lipinski definition) is 4. The van der Waals surface area contributed by atoms with E-state index in [1.807, 2.05) is 13.8 Å². The van der Waals surface area contributed by atoms with Gasteiger partial charge in [-0.15, -0.1) is 0 Å². The molecule has 0 saturated carbocycles. The Balaban J connectivity index is 4.17. The second kappa shape index (κ2) is 8.05. The van der Waals surface area contributed by atoms with Crippen molar-refractivity contribution in [1.29, 1.82) is 0 Å². The fourth-order valence-corrected chi connectivity index (χ4v) is 1.39. The molecule has 0 radical (unpaired) electrons. The highest BCUT2D eigenvalue weighted by molar-refractivity contribution is 5.89. The van der Waals surface area contributed by atoms with Crippen molar-refractivity contribution >= 4 is 11.8 Å². The number of nitrogens with one attached hydrogen (secondary N) is 3. The molecule has 0 aromatic heterocycles. The Morgan fingerprint density at radius 2 is 1.44 bits per heavy atom. The Labute approximate surface area is 109 Å². The maximum atomic E-state index is 11.7. The molecule has 6 heteroatoms. The third kappa shape index (κ3) is 6.56. The average molecular weight is 259 g/mol. The molecule has 4 N–H and O–H groups in total. The van der Waals surface area contributed by atoms with E-state index in [1.54, 1.807) is 20.8 Å². The van der Waals surface area contributed by atoms with Gasteiger partial charge in [0.15, 0.2) is 0 Å². The normalized spacial score (nSPS) is 15.9. The smallest absolute Gasteiger partial charge is 0.242 e. The van der Waals surface area contributed by atoms with E-state index < -0.39 is 6.04 Å². The summed E-state index contributed by atoms with van der Waals surface area (Å²) in [6.07, 6.45) is 0. The lowest BCUT2D eigenvalue weighted by Gasteiger charge is -2.21. The van der Waals surface area contributed by atoms with Gasteiger partial charge in [0, 0.05) is 12.1 Å². The van der Waals surface area contributed by atoms with E-state index in [0.717, 1.165) is 0 Å². The fourth-order valence-electron chi connectivity index (χ4n) is 1.39. The van der Waals surface area contributed by atoms with Crippen LogP contribution in [-0.4, -0.2) is 47.7 Å². The first kappa shape index (κ1) is 16.9. The summed E-state index contributed by atoms with van der Waals surface area (Å²) < 4.78 is 0. The van der Waals surface area contributed by atoms with Crippen LogP contribution in [0.25, 0.3) is 0 Å². The monoisotopic (exact) mass is 259 g/mol. The van der Waals surface area contributed by atoms with Crippen molar-refractivity contribution in [2.45, 2.75) is 58.8 Å². The Morgan fingerprint density at radius 1 is 0.944 bits per heavy atom. The number of hydrogen-bond donors (Lipinski definition) is 4. The zero-order valence-electron chi connectivity index (χ0n) is 11.8. The van der Waals surface area contributed by atoms with Crippen LogP contribution in [0, 0.1) is 0 Å². The van der Waals surface area contributed by atoms with E-state index in [0.29, 0.717) is 0 Å². The standard InChI is InChI=1S/C12H25N3O3/c1-7(2)13-9(4)12(18)15-10(5)11(17)14-8(3)6-16/h7-10,13,16H,6H2,1-5H3,(H,14,17)(H,15,18). The topological polar surface area (TPSA) is 90.5 Å². The highest BCUT2D eigenvalue weighted by Crippen LogP contribution is 1.91. The molecule has 0 aliphatic carbocycles. The zero-order valence-corrected chi connectivity index (χ0v) is 11.8. The van der Waals surface area contributed by atoms with Gasteiger partial charge in [0.25, 0.3) is 0 Å². The zero-order chi connectivity index (χ0) is 14.3. The number of amides is 2. The first-order valence-corrected chi connectivity index (χ1v) is 6.25. The number of carbonyl (C=O) groups excluding carboxylic acids is 2. The summed E-state index contributed by atoms with van der Waals surface area (Å²) in [4.78, 5) is 23.4. The molecule has 3 atom stereocenters. The van der Waals surface area contributed by atoms with Crippen LogP contribution in [-0.2, 0) is 9.59 Å². The van der Waals surface area contributed by atoms with Crippen LogP contribution in [0.4, 0.5) is 0 Å². The third-order valence-electron chi connectivity index (χ3n) is 2.39. The molecule has 18 heavy (non-hydrogen) atoms. The highest BCUT2D eigenvalue weighted by atomic mass is 16.3. The van der Waals surface area contributed by atoms with Crippen LogP contribution < -0.4 is 16.0 Å². The van der Waals surface area contributed by atoms with Crippen LogP contribution in [0.3, 0.4) is 0 Å². The first-order chi connectivity index (χ1) is 8.27. The molecule has 0 aliphatic heterocycles. The van der Waals surface area contributed by atoms with Gasteiger partial charge in [-0.1, -0.05) is 13.8 Å². The maximum Gasteiger partial charge on any atom is 0.242 e. The summed E-state index contributed by atoms with van der Waals surface area (Å²) in [6.45, 7) is 8.81. The second-order valence-corrected chi connectivity index (χ2v) is 4.87. The van der Waals surface area contributed by atoms with Crippen molar-refractivity contribution in [2.24, 2.45) is 0 Å². The largest absolute Gasteiger partial charge is 0.394 e. The summed E-state index contributed by atoms with van der Waals surface area (Å²) in [5.74, 6) is -0.523. The van der Waals surface area contributed by atoms with E-state index in [4.69, 9.17) is 5.11 Å². The molecule has 0 bridgehead atoms. The number of aliphatic hydroxyl groups excluding tert-OH is 1. The van der Waals surface area contributed by atoms with Gasteiger partial charge >= 0.3 is 0 Å². The quantitative estimate of drug-likeness (QED) is 0.490. The molecule has 0 fully saturated rings. The van der Waals surface area contributed by atoms with Crippen molar-refractivity contribution in [3.63, 3.8) is 0 Å². The predicted molar refractivity (Wildman–Crippen MR) is 70.0 cm³/mol. The Kier molecular flexibility index (Phi) is 7.54. The van der Waals surface area contributed by atoms with Gasteiger partial charge in [-0.2, -0.15) is 0 Å². The van der Waals surface area contributed by atoms with Crippen LogP contribution in [0.2, 0.25) is 0 Å². The molecule has 0 aromatic rings. The number of aliphatic hydroxyl groups is 1. The molecule has 3 unspecified atom stereocenters. The van der Waals surface area contributed by atoms with Gasteiger partial charge in [-0.05, 0) is 20.8 Å². The van der Waals surface area contributed by atoms with Crippen molar-refractivity contribution in [3.05, 3.63) is 0 Å². The highest BCUT2D eigenvalue weighted by Gasteiger charge is 2.20. The van der Waals surface area contributed by atoms with Gasteiger partial charge in [0.05, 0.1) is 12.6 Å². The molecular formula is C12H25N3O3. The van der Waals surface area contributed by atoms with Crippen LogP contribution >= 0.6 is 0 Å². The molecule has 0 saturated heterocycles. The van der Waals surface area contributed by atoms with Crippen LogP contribution in [0.15, 0.2) is 0 Å². The second-order valence-electron chi connectivity index (χ2n) is 4.87. The molecule has 0 aliphatic rings. The molecule has 0 aromatic carbocycles. The minimum absolute atomic E-state index is 0.127. The lowest BCUT2D eigenvalue weighted by Crippen LogP contribution is -2.53. The SMILES string of the molecule is CC(C)NC(C)C(=O)NC(C)C(=O)NC(C)CO. The average Bonchev–Trinajstić information content (AvgIpc) is 2.27. The van der Waals surface area contributed by atoms with Gasteiger partial charge in [-0.25, -0.2) is 0 Å². The first-order valence-electron chi connectivity index (χ1n) is 6.25. The van der Waals surface area contributed by atoms with Gasteiger partial charge < -0.3 is 21.1 Å². The minimum atomic E-state index is -0.622. The van der Waals surface area contributed by atoms with E-state index in [-0.39, 0.29) is 36.5 Å². The number of carbonyl (C=O) groups is 2. The Hall–Kier alpha value is -1.14. The number of rotatable bonds is 7. The summed E-state index contributed by atoms with van der Waals surface area (Å²) in [5.41, 5.74) is 0. The van der Waals surface area contributed by atoms with Crippen molar-refractivity contribution in [1.82, 2.24) is 16.0 Å².